The number of benzene rings is 2. The minimum absolute atomic E-state index is 0.227. The average Bonchev–Trinajstić information content (AvgIpc) is 2.93. The largest absolute Gasteiger partial charge is 0.468 e. The number of esters is 1. The van der Waals surface area contributed by atoms with E-state index in [0.29, 0.717) is 5.56 Å². The Labute approximate surface area is 154 Å². The Hall–Kier alpha value is -3.29. The first-order chi connectivity index (χ1) is 12.8. The van der Waals surface area contributed by atoms with Gasteiger partial charge >= 0.3 is 5.97 Å². The molecular weight excluding hydrogens is 355 g/mol. The maximum atomic E-state index is 14.8. The molecule has 1 saturated heterocycles. The van der Waals surface area contributed by atoms with Crippen LogP contribution in [-0.2, 0) is 19.7 Å². The number of non-ortho nitro benzene ring substituents is 1. The summed E-state index contributed by atoms with van der Waals surface area (Å²) in [7, 11) is 2.66. The first-order valence-electron chi connectivity index (χ1n) is 8.16. The van der Waals surface area contributed by atoms with Crippen LogP contribution in [-0.4, -0.2) is 35.9 Å². The molecule has 0 aliphatic carbocycles. The van der Waals surface area contributed by atoms with Crippen molar-refractivity contribution in [3.05, 3.63) is 75.6 Å². The maximum absolute atomic E-state index is 14.8. The SMILES string of the molecule is COC(=O)[C@@]1(c2cc([N+](=O)[O-])ccc2F)CC(=O)N(C)[C@@H]1c1ccccc1. The Kier molecular flexibility index (Phi) is 4.65. The quantitative estimate of drug-likeness (QED) is 0.468. The number of likely N-dealkylation sites (tertiary alicyclic amines) is 1. The van der Waals surface area contributed by atoms with Crippen molar-refractivity contribution in [2.45, 2.75) is 17.9 Å². The fourth-order valence-corrected chi connectivity index (χ4v) is 3.77. The Bertz CT molecular complexity index is 918. The van der Waals surface area contributed by atoms with E-state index in [1.54, 1.807) is 30.3 Å². The zero-order chi connectivity index (χ0) is 19.8. The second kappa shape index (κ2) is 6.79. The van der Waals surface area contributed by atoms with E-state index >= 15 is 0 Å². The molecule has 0 bridgehead atoms. The minimum atomic E-state index is -1.74. The zero-order valence-corrected chi connectivity index (χ0v) is 14.7. The molecule has 0 unspecified atom stereocenters. The number of nitro benzene ring substituents is 1. The summed E-state index contributed by atoms with van der Waals surface area (Å²) in [5.74, 6) is -2.02. The number of nitro groups is 1. The molecule has 1 aliphatic heterocycles. The van der Waals surface area contributed by atoms with Crippen LogP contribution in [0.2, 0.25) is 0 Å². The number of hydrogen-bond acceptors (Lipinski definition) is 5. The molecule has 1 fully saturated rings. The molecule has 2 aromatic carbocycles. The second-order valence-corrected chi connectivity index (χ2v) is 6.38. The van der Waals surface area contributed by atoms with Crippen molar-refractivity contribution < 1.29 is 23.6 Å². The molecule has 7 nitrogen and oxygen atoms in total. The molecule has 3 rings (SSSR count). The van der Waals surface area contributed by atoms with Crippen molar-refractivity contribution in [2.75, 3.05) is 14.2 Å². The maximum Gasteiger partial charge on any atom is 0.319 e. The zero-order valence-electron chi connectivity index (χ0n) is 14.7. The third-order valence-electron chi connectivity index (χ3n) is 4.98. The number of carbonyl (C=O) groups is 2. The van der Waals surface area contributed by atoms with Crippen molar-refractivity contribution in [1.82, 2.24) is 4.90 Å². The lowest BCUT2D eigenvalue weighted by molar-refractivity contribution is -0.385. The van der Waals surface area contributed by atoms with Gasteiger partial charge in [-0.1, -0.05) is 30.3 Å². The summed E-state index contributed by atoms with van der Waals surface area (Å²) in [6, 6.07) is 10.8. The second-order valence-electron chi connectivity index (χ2n) is 6.38. The highest BCUT2D eigenvalue weighted by atomic mass is 19.1. The van der Waals surface area contributed by atoms with Crippen LogP contribution >= 0.6 is 0 Å². The van der Waals surface area contributed by atoms with Gasteiger partial charge in [-0.15, -0.1) is 0 Å². The summed E-state index contributed by atoms with van der Waals surface area (Å²) in [4.78, 5) is 37.3. The van der Waals surface area contributed by atoms with E-state index < -0.39 is 28.2 Å². The normalized spacial score (nSPS) is 22.0. The van der Waals surface area contributed by atoms with Gasteiger partial charge in [-0.2, -0.15) is 0 Å². The van der Waals surface area contributed by atoms with Gasteiger partial charge in [0, 0.05) is 31.2 Å². The highest BCUT2D eigenvalue weighted by molar-refractivity contribution is 5.95. The van der Waals surface area contributed by atoms with Crippen LogP contribution in [0.1, 0.15) is 23.6 Å². The van der Waals surface area contributed by atoms with Crippen LogP contribution < -0.4 is 0 Å². The van der Waals surface area contributed by atoms with Gasteiger partial charge in [0.15, 0.2) is 0 Å². The van der Waals surface area contributed by atoms with Gasteiger partial charge in [0.2, 0.25) is 5.91 Å². The highest BCUT2D eigenvalue weighted by Gasteiger charge is 2.59. The first-order valence-corrected chi connectivity index (χ1v) is 8.16. The summed E-state index contributed by atoms with van der Waals surface area (Å²) in [5.41, 5.74) is -1.74. The van der Waals surface area contributed by atoms with Gasteiger partial charge in [-0.25, -0.2) is 4.39 Å². The van der Waals surface area contributed by atoms with E-state index in [-0.39, 0.29) is 23.6 Å². The molecule has 1 amide bonds. The molecule has 0 N–H and O–H groups in total. The van der Waals surface area contributed by atoms with E-state index in [2.05, 4.69) is 0 Å². The van der Waals surface area contributed by atoms with E-state index in [1.165, 1.54) is 11.9 Å². The molecule has 2 atom stereocenters. The fraction of sp³-hybridized carbons (Fsp3) is 0.263. The lowest BCUT2D eigenvalue weighted by Crippen LogP contribution is -2.43. The Morgan fingerprint density at radius 2 is 1.96 bits per heavy atom. The molecule has 0 spiro atoms. The van der Waals surface area contributed by atoms with Crippen LogP contribution in [0.25, 0.3) is 0 Å². The lowest BCUT2D eigenvalue weighted by Gasteiger charge is -2.35. The summed E-state index contributed by atoms with van der Waals surface area (Å²) >= 11 is 0. The number of likely N-dealkylation sites (N-methyl/N-ethyl adjacent to an activating group) is 1. The number of carbonyl (C=O) groups excluding carboxylic acids is 2. The molecule has 0 radical (unpaired) electrons. The minimum Gasteiger partial charge on any atom is -0.468 e. The monoisotopic (exact) mass is 372 g/mol. The predicted octanol–water partition coefficient (Wildman–Crippen LogP) is 2.75. The number of hydrogen-bond donors (Lipinski definition) is 0. The number of methoxy groups -OCH3 is 1. The fourth-order valence-electron chi connectivity index (χ4n) is 3.77. The number of rotatable bonds is 4. The molecule has 0 saturated carbocycles. The van der Waals surface area contributed by atoms with Gasteiger partial charge in [-0.05, 0) is 11.6 Å². The topological polar surface area (TPSA) is 89.7 Å². The summed E-state index contributed by atoms with van der Waals surface area (Å²) < 4.78 is 19.8. The van der Waals surface area contributed by atoms with Gasteiger partial charge in [-0.3, -0.25) is 19.7 Å². The molecule has 8 heteroatoms. The number of amides is 1. The third kappa shape index (κ3) is 2.83. The summed E-state index contributed by atoms with van der Waals surface area (Å²) in [6.07, 6.45) is -0.353. The molecular formula is C19H17FN2O5. The lowest BCUT2D eigenvalue weighted by atomic mass is 9.71. The molecule has 1 aliphatic rings. The predicted molar refractivity (Wildman–Crippen MR) is 93.3 cm³/mol. The molecule has 1 heterocycles. The summed E-state index contributed by atoms with van der Waals surface area (Å²) in [5, 5.41) is 11.2. The molecule has 0 aromatic heterocycles. The van der Waals surface area contributed by atoms with Gasteiger partial charge in [0.1, 0.15) is 11.2 Å². The van der Waals surface area contributed by atoms with Crippen molar-refractivity contribution in [2.24, 2.45) is 0 Å². The van der Waals surface area contributed by atoms with Crippen LogP contribution in [0.15, 0.2) is 48.5 Å². The van der Waals surface area contributed by atoms with Gasteiger partial charge < -0.3 is 9.64 Å². The van der Waals surface area contributed by atoms with E-state index in [9.17, 15) is 24.1 Å². The first kappa shape index (κ1) is 18.5. The molecule has 2 aromatic rings. The van der Waals surface area contributed by atoms with Crippen molar-refractivity contribution in [1.29, 1.82) is 0 Å². The van der Waals surface area contributed by atoms with Gasteiger partial charge in [0.25, 0.3) is 5.69 Å². The van der Waals surface area contributed by atoms with Crippen molar-refractivity contribution in [3.63, 3.8) is 0 Å². The highest BCUT2D eigenvalue weighted by Crippen LogP contribution is 2.51. The smallest absolute Gasteiger partial charge is 0.319 e. The van der Waals surface area contributed by atoms with Crippen LogP contribution in [0.5, 0.6) is 0 Å². The Balaban J connectivity index is 2.33. The number of nitrogens with zero attached hydrogens (tertiary/aromatic N) is 2. The Morgan fingerprint density at radius 3 is 2.56 bits per heavy atom. The van der Waals surface area contributed by atoms with Crippen molar-refractivity contribution >= 4 is 17.6 Å². The van der Waals surface area contributed by atoms with Crippen LogP contribution in [0.3, 0.4) is 0 Å². The van der Waals surface area contributed by atoms with Crippen LogP contribution in [0.4, 0.5) is 10.1 Å². The Morgan fingerprint density at radius 1 is 1.30 bits per heavy atom. The number of halogens is 1. The van der Waals surface area contributed by atoms with Crippen LogP contribution in [0, 0.1) is 15.9 Å². The number of ether oxygens (including phenoxy) is 1. The standard InChI is InChI=1S/C19H17FN2O5/c1-21-16(23)11-19(18(24)27-2,17(21)12-6-4-3-5-7-12)14-10-13(22(25)26)8-9-15(14)20/h3-10,17H,11H2,1-2H3/t17-,19-/m1/s1. The van der Waals surface area contributed by atoms with Crippen molar-refractivity contribution in [3.8, 4) is 0 Å². The average molecular weight is 372 g/mol. The molecule has 140 valence electrons. The van der Waals surface area contributed by atoms with E-state index in [1.807, 2.05) is 0 Å². The third-order valence-corrected chi connectivity index (χ3v) is 4.98. The summed E-state index contributed by atoms with van der Waals surface area (Å²) in [6.45, 7) is 0. The van der Waals surface area contributed by atoms with E-state index in [4.69, 9.17) is 4.74 Å². The van der Waals surface area contributed by atoms with E-state index in [0.717, 1.165) is 25.3 Å². The van der Waals surface area contributed by atoms with Gasteiger partial charge in [0.05, 0.1) is 18.1 Å². The molecule has 27 heavy (non-hydrogen) atoms.